The molecule has 2 amide bonds. The number of nitrogens with one attached hydrogen (secondary N) is 2. The fourth-order valence-corrected chi connectivity index (χ4v) is 2.40. The van der Waals surface area contributed by atoms with Gasteiger partial charge < -0.3 is 15.7 Å². The van der Waals surface area contributed by atoms with Gasteiger partial charge in [0.25, 0.3) is 0 Å². The monoisotopic (exact) mass is 281 g/mol. The van der Waals surface area contributed by atoms with Crippen molar-refractivity contribution in [1.29, 1.82) is 0 Å². The van der Waals surface area contributed by atoms with Crippen molar-refractivity contribution in [2.45, 2.75) is 51.2 Å². The van der Waals surface area contributed by atoms with E-state index in [-0.39, 0.29) is 24.7 Å². The highest BCUT2D eigenvalue weighted by atomic mass is 16.4. The van der Waals surface area contributed by atoms with Crippen molar-refractivity contribution in [3.8, 4) is 0 Å². The van der Waals surface area contributed by atoms with Gasteiger partial charge in [-0.15, -0.1) is 5.10 Å². The molecule has 0 atom stereocenters. The second-order valence-corrected chi connectivity index (χ2v) is 5.38. The first-order valence-electron chi connectivity index (χ1n) is 6.64. The van der Waals surface area contributed by atoms with E-state index in [1.165, 1.54) is 10.9 Å². The number of aromatic nitrogens is 3. The maximum Gasteiger partial charge on any atom is 0.325 e. The molecule has 1 heterocycles. The van der Waals surface area contributed by atoms with Crippen LogP contribution in [0.1, 0.15) is 38.3 Å². The zero-order valence-electron chi connectivity index (χ0n) is 11.4. The molecule has 0 radical (unpaired) electrons. The minimum Gasteiger partial charge on any atom is -0.480 e. The molecular formula is C12H19N5O3. The molecule has 1 saturated carbocycles. The number of carbonyl (C=O) groups excluding carboxylic acids is 1. The Morgan fingerprint density at radius 2 is 2.15 bits per heavy atom. The first-order valence-corrected chi connectivity index (χ1v) is 6.64. The lowest BCUT2D eigenvalue weighted by atomic mass is 10.0. The van der Waals surface area contributed by atoms with E-state index in [0.29, 0.717) is 5.69 Å². The number of hydrogen-bond acceptors (Lipinski definition) is 4. The van der Waals surface area contributed by atoms with Crippen LogP contribution in [-0.4, -0.2) is 37.6 Å². The van der Waals surface area contributed by atoms with Gasteiger partial charge in [-0.2, -0.15) is 0 Å². The Balaban J connectivity index is 1.78. The summed E-state index contributed by atoms with van der Waals surface area (Å²) in [5.74, 6) is -0.985. The van der Waals surface area contributed by atoms with Gasteiger partial charge >= 0.3 is 12.0 Å². The summed E-state index contributed by atoms with van der Waals surface area (Å²) in [7, 11) is 0. The molecule has 1 fully saturated rings. The maximum atomic E-state index is 11.8. The molecule has 3 N–H and O–H groups in total. The molecule has 0 saturated heterocycles. The molecule has 20 heavy (non-hydrogen) atoms. The lowest BCUT2D eigenvalue weighted by Crippen LogP contribution is -2.48. The Hall–Kier alpha value is -2.12. The molecule has 0 spiro atoms. The summed E-state index contributed by atoms with van der Waals surface area (Å²) < 4.78 is 1.22. The zero-order chi connectivity index (χ0) is 14.6. The van der Waals surface area contributed by atoms with Gasteiger partial charge in [0.05, 0.1) is 12.7 Å². The Bertz CT molecular complexity index is 493. The highest BCUT2D eigenvalue weighted by Gasteiger charge is 2.29. The van der Waals surface area contributed by atoms with Crippen molar-refractivity contribution in [1.82, 2.24) is 25.6 Å². The molecule has 8 nitrogen and oxygen atoms in total. The second kappa shape index (κ2) is 5.89. The Kier molecular flexibility index (Phi) is 4.21. The number of carboxylic acid groups (broad SMARTS) is 1. The molecule has 0 aromatic carbocycles. The lowest BCUT2D eigenvalue weighted by molar-refractivity contribution is -0.137. The van der Waals surface area contributed by atoms with Gasteiger partial charge in [0.1, 0.15) is 12.2 Å². The Labute approximate surface area is 116 Å². The van der Waals surface area contributed by atoms with Crippen LogP contribution in [0.15, 0.2) is 6.20 Å². The largest absolute Gasteiger partial charge is 0.480 e. The van der Waals surface area contributed by atoms with Gasteiger partial charge in [-0.1, -0.05) is 18.1 Å². The van der Waals surface area contributed by atoms with Crippen LogP contribution in [0.2, 0.25) is 0 Å². The third kappa shape index (κ3) is 3.94. The molecule has 1 aliphatic rings. The average Bonchev–Trinajstić information content (AvgIpc) is 2.95. The van der Waals surface area contributed by atoms with Crippen molar-refractivity contribution in [2.24, 2.45) is 0 Å². The van der Waals surface area contributed by atoms with Gasteiger partial charge in [-0.3, -0.25) is 4.79 Å². The Morgan fingerprint density at radius 3 is 2.80 bits per heavy atom. The van der Waals surface area contributed by atoms with Crippen LogP contribution in [0.5, 0.6) is 0 Å². The van der Waals surface area contributed by atoms with E-state index in [9.17, 15) is 9.59 Å². The summed E-state index contributed by atoms with van der Waals surface area (Å²) in [6, 6.07) is -0.234. The van der Waals surface area contributed by atoms with Crippen molar-refractivity contribution < 1.29 is 14.7 Å². The molecule has 2 rings (SSSR count). The zero-order valence-corrected chi connectivity index (χ0v) is 11.4. The van der Waals surface area contributed by atoms with E-state index < -0.39 is 5.97 Å². The van der Waals surface area contributed by atoms with Gasteiger partial charge in [0, 0.05) is 5.54 Å². The highest BCUT2D eigenvalue weighted by Crippen LogP contribution is 2.28. The lowest BCUT2D eigenvalue weighted by Gasteiger charge is -2.25. The van der Waals surface area contributed by atoms with Crippen LogP contribution in [-0.2, 0) is 17.9 Å². The third-order valence-electron chi connectivity index (χ3n) is 3.44. The van der Waals surface area contributed by atoms with Crippen LogP contribution < -0.4 is 10.6 Å². The number of carbonyl (C=O) groups is 2. The quantitative estimate of drug-likeness (QED) is 0.728. The van der Waals surface area contributed by atoms with Crippen molar-refractivity contribution in [2.75, 3.05) is 0 Å². The van der Waals surface area contributed by atoms with E-state index in [4.69, 9.17) is 5.11 Å². The number of hydrogen-bond donors (Lipinski definition) is 3. The standard InChI is InChI=1S/C12H19N5O3/c1-12(4-2-3-5-12)14-11(20)13-6-9-7-17(16-15-9)8-10(18)19/h7H,2-6,8H2,1H3,(H,18,19)(H2,13,14,20). The van der Waals surface area contributed by atoms with Crippen LogP contribution in [0.3, 0.4) is 0 Å². The molecule has 1 aromatic rings. The summed E-state index contributed by atoms with van der Waals surface area (Å²) >= 11 is 0. The number of urea groups is 1. The number of nitrogens with zero attached hydrogens (tertiary/aromatic N) is 3. The second-order valence-electron chi connectivity index (χ2n) is 5.38. The van der Waals surface area contributed by atoms with Crippen LogP contribution in [0, 0.1) is 0 Å². The first kappa shape index (κ1) is 14.3. The van der Waals surface area contributed by atoms with Crippen molar-refractivity contribution in [3.63, 3.8) is 0 Å². The molecular weight excluding hydrogens is 262 g/mol. The van der Waals surface area contributed by atoms with E-state index in [1.807, 2.05) is 6.92 Å². The van der Waals surface area contributed by atoms with Gasteiger partial charge in [-0.25, -0.2) is 9.48 Å². The maximum absolute atomic E-state index is 11.8. The average molecular weight is 281 g/mol. The molecule has 8 heteroatoms. The van der Waals surface area contributed by atoms with E-state index in [0.717, 1.165) is 25.7 Å². The van der Waals surface area contributed by atoms with Gasteiger partial charge in [0.15, 0.2) is 0 Å². The third-order valence-corrected chi connectivity index (χ3v) is 3.44. The number of carboxylic acids is 1. The summed E-state index contributed by atoms with van der Waals surface area (Å²) in [5.41, 5.74) is 0.406. The van der Waals surface area contributed by atoms with Gasteiger partial charge in [0.2, 0.25) is 0 Å². The highest BCUT2D eigenvalue weighted by molar-refractivity contribution is 5.74. The number of rotatable bonds is 5. The van der Waals surface area contributed by atoms with E-state index in [1.54, 1.807) is 0 Å². The molecule has 0 unspecified atom stereocenters. The van der Waals surface area contributed by atoms with E-state index in [2.05, 4.69) is 20.9 Å². The Morgan fingerprint density at radius 1 is 1.45 bits per heavy atom. The summed E-state index contributed by atoms with van der Waals surface area (Å²) in [4.78, 5) is 22.3. The summed E-state index contributed by atoms with van der Waals surface area (Å²) in [6.45, 7) is 2.03. The topological polar surface area (TPSA) is 109 Å². The SMILES string of the molecule is CC1(NC(=O)NCc2cn(CC(=O)O)nn2)CCCC1. The molecule has 0 aliphatic heterocycles. The molecule has 110 valence electrons. The van der Waals surface area contributed by atoms with Crippen LogP contribution >= 0.6 is 0 Å². The first-order chi connectivity index (χ1) is 9.47. The predicted molar refractivity (Wildman–Crippen MR) is 69.9 cm³/mol. The predicted octanol–water partition coefficient (Wildman–Crippen LogP) is 0.495. The van der Waals surface area contributed by atoms with Crippen molar-refractivity contribution in [3.05, 3.63) is 11.9 Å². The minimum atomic E-state index is -0.985. The minimum absolute atomic E-state index is 0.120. The number of amides is 2. The fourth-order valence-electron chi connectivity index (χ4n) is 2.40. The molecule has 0 bridgehead atoms. The van der Waals surface area contributed by atoms with Crippen molar-refractivity contribution >= 4 is 12.0 Å². The van der Waals surface area contributed by atoms with Crippen LogP contribution in [0.25, 0.3) is 0 Å². The normalized spacial score (nSPS) is 16.9. The van der Waals surface area contributed by atoms with Gasteiger partial charge in [-0.05, 0) is 19.8 Å². The number of aliphatic carboxylic acids is 1. The van der Waals surface area contributed by atoms with E-state index >= 15 is 0 Å². The van der Waals surface area contributed by atoms with Crippen LogP contribution in [0.4, 0.5) is 4.79 Å². The molecule has 1 aromatic heterocycles. The summed E-state index contributed by atoms with van der Waals surface area (Å²) in [5, 5.41) is 21.7. The molecule has 1 aliphatic carbocycles. The smallest absolute Gasteiger partial charge is 0.325 e. The fraction of sp³-hybridized carbons (Fsp3) is 0.667. The summed E-state index contributed by atoms with van der Waals surface area (Å²) in [6.07, 6.45) is 5.77.